The third-order valence-corrected chi connectivity index (χ3v) is 3.81. The summed E-state index contributed by atoms with van der Waals surface area (Å²) in [5, 5.41) is 19.2. The number of aliphatic carboxylic acids is 1. The SMILES string of the molecule is CC(C)C(C(=O)O)S(=O)Cc1nnn(C)n1. The van der Waals surface area contributed by atoms with E-state index in [0.717, 1.165) is 0 Å². The Morgan fingerprint density at radius 3 is 2.56 bits per heavy atom. The molecule has 0 aliphatic heterocycles. The van der Waals surface area contributed by atoms with Crippen LogP contribution in [0.1, 0.15) is 19.7 Å². The molecule has 1 N–H and O–H groups in total. The van der Waals surface area contributed by atoms with Gasteiger partial charge in [0.2, 0.25) is 0 Å². The topological polar surface area (TPSA) is 98.0 Å². The van der Waals surface area contributed by atoms with Crippen LogP contribution in [-0.2, 0) is 28.4 Å². The molecule has 0 aliphatic rings. The third-order valence-electron chi connectivity index (χ3n) is 1.95. The Morgan fingerprint density at radius 1 is 1.56 bits per heavy atom. The van der Waals surface area contributed by atoms with E-state index in [4.69, 9.17) is 5.11 Å². The fraction of sp³-hybridized carbons (Fsp3) is 0.750. The highest BCUT2D eigenvalue weighted by molar-refractivity contribution is 7.85. The highest BCUT2D eigenvalue weighted by atomic mass is 32.2. The lowest BCUT2D eigenvalue weighted by Crippen LogP contribution is -2.31. The maximum atomic E-state index is 11.8. The summed E-state index contributed by atoms with van der Waals surface area (Å²) < 4.78 is 11.8. The Labute approximate surface area is 95.3 Å². The fourth-order valence-corrected chi connectivity index (χ4v) is 2.68. The average Bonchev–Trinajstić information content (AvgIpc) is 2.49. The van der Waals surface area contributed by atoms with Gasteiger partial charge in [0.25, 0.3) is 0 Å². The van der Waals surface area contributed by atoms with Crippen LogP contribution in [0.2, 0.25) is 0 Å². The van der Waals surface area contributed by atoms with E-state index in [0.29, 0.717) is 5.82 Å². The molecule has 0 radical (unpaired) electrons. The molecule has 0 bridgehead atoms. The third kappa shape index (κ3) is 3.09. The van der Waals surface area contributed by atoms with Crippen LogP contribution in [0, 0.1) is 5.92 Å². The number of carboxylic acid groups (broad SMARTS) is 1. The number of carboxylic acids is 1. The van der Waals surface area contributed by atoms with Gasteiger partial charge in [0.1, 0.15) is 5.25 Å². The van der Waals surface area contributed by atoms with Crippen LogP contribution in [0.15, 0.2) is 0 Å². The molecule has 1 aromatic heterocycles. The molecule has 0 amide bonds. The summed E-state index contributed by atoms with van der Waals surface area (Å²) in [5.74, 6) is -0.942. The predicted molar refractivity (Wildman–Crippen MR) is 56.9 cm³/mol. The van der Waals surface area contributed by atoms with Gasteiger partial charge in [-0.1, -0.05) is 13.8 Å². The van der Waals surface area contributed by atoms with Crippen molar-refractivity contribution < 1.29 is 14.1 Å². The number of carbonyl (C=O) groups is 1. The zero-order chi connectivity index (χ0) is 12.3. The molecule has 1 rings (SSSR count). The molecule has 7 nitrogen and oxygen atoms in total. The molecule has 8 heteroatoms. The molecule has 90 valence electrons. The molecule has 2 atom stereocenters. The van der Waals surface area contributed by atoms with Crippen molar-refractivity contribution in [2.75, 3.05) is 0 Å². The van der Waals surface area contributed by atoms with E-state index >= 15 is 0 Å². The summed E-state index contributed by atoms with van der Waals surface area (Å²) in [6.45, 7) is 3.45. The fourth-order valence-electron chi connectivity index (χ4n) is 1.30. The van der Waals surface area contributed by atoms with Crippen molar-refractivity contribution in [3.05, 3.63) is 5.82 Å². The van der Waals surface area contributed by atoms with Crippen molar-refractivity contribution in [1.29, 1.82) is 0 Å². The minimum absolute atomic E-state index is 0.0169. The van der Waals surface area contributed by atoms with Crippen LogP contribution >= 0.6 is 0 Å². The highest BCUT2D eigenvalue weighted by Crippen LogP contribution is 2.12. The summed E-state index contributed by atoms with van der Waals surface area (Å²) >= 11 is 0. The summed E-state index contributed by atoms with van der Waals surface area (Å²) in [7, 11) is 0.0602. The van der Waals surface area contributed by atoms with Gasteiger partial charge in [-0.3, -0.25) is 9.00 Å². The lowest BCUT2D eigenvalue weighted by atomic mass is 10.1. The van der Waals surface area contributed by atoms with Gasteiger partial charge in [0, 0.05) is 10.8 Å². The van der Waals surface area contributed by atoms with Crippen molar-refractivity contribution >= 4 is 16.8 Å². The Bertz CT molecular complexity index is 404. The number of rotatable bonds is 5. The summed E-state index contributed by atoms with van der Waals surface area (Å²) in [6, 6.07) is 0. The number of aromatic nitrogens is 4. The van der Waals surface area contributed by atoms with E-state index in [1.807, 2.05) is 0 Å². The van der Waals surface area contributed by atoms with E-state index in [-0.39, 0.29) is 11.7 Å². The molecule has 1 heterocycles. The van der Waals surface area contributed by atoms with Gasteiger partial charge >= 0.3 is 5.97 Å². The van der Waals surface area contributed by atoms with Crippen LogP contribution in [0.3, 0.4) is 0 Å². The Hall–Kier alpha value is -1.31. The molecule has 1 aromatic rings. The first-order valence-corrected chi connectivity index (χ1v) is 6.13. The van der Waals surface area contributed by atoms with Gasteiger partial charge in [-0.25, -0.2) is 0 Å². The number of hydrogen-bond donors (Lipinski definition) is 1. The zero-order valence-corrected chi connectivity index (χ0v) is 10.1. The highest BCUT2D eigenvalue weighted by Gasteiger charge is 2.29. The number of aryl methyl sites for hydroxylation is 1. The first-order valence-electron chi connectivity index (χ1n) is 4.74. The van der Waals surface area contributed by atoms with Crippen molar-refractivity contribution in [2.45, 2.75) is 24.9 Å². The Morgan fingerprint density at radius 2 is 2.19 bits per heavy atom. The maximum absolute atomic E-state index is 11.8. The van der Waals surface area contributed by atoms with E-state index < -0.39 is 22.0 Å². The molecule has 0 saturated carbocycles. The largest absolute Gasteiger partial charge is 0.480 e. The Kier molecular flexibility index (Phi) is 4.11. The molecule has 0 saturated heterocycles. The first-order chi connectivity index (χ1) is 7.41. The van der Waals surface area contributed by atoms with Gasteiger partial charge < -0.3 is 5.11 Å². The summed E-state index contributed by atoms with van der Waals surface area (Å²) in [5.41, 5.74) is 0. The summed E-state index contributed by atoms with van der Waals surface area (Å²) in [6.07, 6.45) is 0. The lowest BCUT2D eigenvalue weighted by Gasteiger charge is -2.14. The van der Waals surface area contributed by atoms with Crippen molar-refractivity contribution in [1.82, 2.24) is 20.2 Å². The van der Waals surface area contributed by atoms with E-state index in [1.54, 1.807) is 20.9 Å². The predicted octanol–water partition coefficient (Wildman–Crippen LogP) is -0.432. The second-order valence-electron chi connectivity index (χ2n) is 3.72. The van der Waals surface area contributed by atoms with E-state index in [1.165, 1.54) is 4.80 Å². The second kappa shape index (κ2) is 5.15. The standard InChI is InChI=1S/C8H14N4O3S/c1-5(2)7(8(13)14)16(15)4-6-9-11-12(3)10-6/h5,7H,4H2,1-3H3,(H,13,14). The van der Waals surface area contributed by atoms with E-state index in [9.17, 15) is 9.00 Å². The quantitative estimate of drug-likeness (QED) is 0.757. The van der Waals surface area contributed by atoms with Crippen LogP contribution in [-0.4, -0.2) is 40.7 Å². The van der Waals surface area contributed by atoms with Gasteiger partial charge in [0.15, 0.2) is 5.82 Å². The molecule has 0 aromatic carbocycles. The van der Waals surface area contributed by atoms with Gasteiger partial charge in [-0.15, -0.1) is 10.2 Å². The molecular weight excluding hydrogens is 232 g/mol. The van der Waals surface area contributed by atoms with Crippen LogP contribution < -0.4 is 0 Å². The molecule has 0 spiro atoms. The van der Waals surface area contributed by atoms with Crippen LogP contribution in [0.5, 0.6) is 0 Å². The van der Waals surface area contributed by atoms with Gasteiger partial charge in [-0.2, -0.15) is 4.80 Å². The number of hydrogen-bond acceptors (Lipinski definition) is 5. The molecule has 16 heavy (non-hydrogen) atoms. The molecular formula is C8H14N4O3S. The number of tetrazole rings is 1. The molecule has 2 unspecified atom stereocenters. The second-order valence-corrected chi connectivity index (χ2v) is 5.28. The summed E-state index contributed by atoms with van der Waals surface area (Å²) in [4.78, 5) is 12.2. The van der Waals surface area contributed by atoms with Crippen LogP contribution in [0.4, 0.5) is 0 Å². The van der Waals surface area contributed by atoms with Crippen molar-refractivity contribution in [3.63, 3.8) is 0 Å². The first kappa shape index (κ1) is 12.8. The van der Waals surface area contributed by atoms with Gasteiger partial charge in [-0.05, 0) is 11.1 Å². The number of nitrogens with zero attached hydrogens (tertiary/aromatic N) is 4. The normalized spacial score (nSPS) is 15.0. The van der Waals surface area contributed by atoms with Crippen LogP contribution in [0.25, 0.3) is 0 Å². The smallest absolute Gasteiger partial charge is 0.319 e. The van der Waals surface area contributed by atoms with Crippen molar-refractivity contribution in [2.24, 2.45) is 13.0 Å². The average molecular weight is 246 g/mol. The van der Waals surface area contributed by atoms with Crippen molar-refractivity contribution in [3.8, 4) is 0 Å². The van der Waals surface area contributed by atoms with E-state index in [2.05, 4.69) is 15.4 Å². The zero-order valence-electron chi connectivity index (χ0n) is 9.32. The molecule has 0 fully saturated rings. The van der Waals surface area contributed by atoms with Gasteiger partial charge in [0.05, 0.1) is 12.8 Å². The maximum Gasteiger partial charge on any atom is 0.319 e. The minimum atomic E-state index is -1.53. The molecule has 0 aliphatic carbocycles. The Balaban J connectivity index is 2.73. The minimum Gasteiger partial charge on any atom is -0.480 e. The monoisotopic (exact) mass is 246 g/mol. The lowest BCUT2D eigenvalue weighted by molar-refractivity contribution is -0.137.